The highest BCUT2D eigenvalue weighted by Gasteiger charge is 2.20. The molecule has 0 radical (unpaired) electrons. The van der Waals surface area contributed by atoms with Crippen molar-refractivity contribution in [3.05, 3.63) is 81.7 Å². The maximum atomic E-state index is 13.1. The van der Waals surface area contributed by atoms with E-state index in [9.17, 15) is 4.79 Å². The molecule has 0 bridgehead atoms. The third kappa shape index (κ3) is 4.35. The van der Waals surface area contributed by atoms with Crippen molar-refractivity contribution in [3.8, 4) is 0 Å². The summed E-state index contributed by atoms with van der Waals surface area (Å²) in [5.41, 5.74) is 3.93. The van der Waals surface area contributed by atoms with Gasteiger partial charge in [0.2, 0.25) is 5.95 Å². The summed E-state index contributed by atoms with van der Waals surface area (Å²) < 4.78 is 0. The fraction of sp³-hybridized carbons (Fsp3) is 0.240. The molecule has 1 amide bonds. The smallest absolute Gasteiger partial charge is 0.258 e. The highest BCUT2D eigenvalue weighted by atomic mass is 32.1. The number of rotatable bonds is 5. The Kier molecular flexibility index (Phi) is 5.83. The largest absolute Gasteiger partial charge is 0.366 e. The first-order valence-electron chi connectivity index (χ1n) is 10.8. The summed E-state index contributed by atoms with van der Waals surface area (Å²) in [6.07, 6.45) is 1.97. The Morgan fingerprint density at radius 2 is 1.97 bits per heavy atom. The van der Waals surface area contributed by atoms with E-state index in [0.717, 1.165) is 53.8 Å². The molecule has 3 heterocycles. The lowest BCUT2D eigenvalue weighted by molar-refractivity contribution is 0.102. The molecule has 1 aliphatic rings. The molecule has 0 saturated heterocycles. The molecule has 5 rings (SSSR count). The number of carbonyl (C=O) groups is 1. The molecule has 6 nitrogen and oxygen atoms in total. The van der Waals surface area contributed by atoms with Crippen molar-refractivity contribution < 1.29 is 4.79 Å². The lowest BCUT2D eigenvalue weighted by Gasteiger charge is -2.17. The van der Waals surface area contributed by atoms with Crippen molar-refractivity contribution in [1.82, 2.24) is 14.9 Å². The number of amides is 1. The molecule has 2 aromatic carbocycles. The van der Waals surface area contributed by atoms with E-state index in [0.29, 0.717) is 18.1 Å². The van der Waals surface area contributed by atoms with Gasteiger partial charge >= 0.3 is 0 Å². The maximum absolute atomic E-state index is 13.1. The third-order valence-corrected chi connectivity index (χ3v) is 6.53. The van der Waals surface area contributed by atoms with Gasteiger partial charge in [0.05, 0.1) is 5.69 Å². The highest BCUT2D eigenvalue weighted by Crippen LogP contribution is 2.27. The van der Waals surface area contributed by atoms with Gasteiger partial charge in [0, 0.05) is 29.6 Å². The number of aromatic nitrogens is 2. The zero-order chi connectivity index (χ0) is 21.9. The monoisotopic (exact) mass is 443 g/mol. The number of thiophene rings is 1. The Bertz CT molecular complexity index is 1250. The van der Waals surface area contributed by atoms with E-state index >= 15 is 0 Å². The first-order chi connectivity index (χ1) is 15.7. The van der Waals surface area contributed by atoms with Gasteiger partial charge in [0.1, 0.15) is 5.82 Å². The predicted molar refractivity (Wildman–Crippen MR) is 130 cm³/mol. The molecule has 0 unspecified atom stereocenters. The Morgan fingerprint density at radius 1 is 1.09 bits per heavy atom. The molecule has 32 heavy (non-hydrogen) atoms. The number of fused-ring (bicyclic) bond motifs is 2. The van der Waals surface area contributed by atoms with Crippen molar-refractivity contribution in [2.75, 3.05) is 24.2 Å². The summed E-state index contributed by atoms with van der Waals surface area (Å²) >= 11 is 1.59. The van der Waals surface area contributed by atoms with Crippen LogP contribution in [0, 0.1) is 0 Å². The van der Waals surface area contributed by atoms with E-state index in [1.165, 1.54) is 5.56 Å². The maximum Gasteiger partial charge on any atom is 0.258 e. The molecular weight excluding hydrogens is 418 g/mol. The van der Waals surface area contributed by atoms with Crippen LogP contribution in [0.5, 0.6) is 0 Å². The molecule has 1 aliphatic heterocycles. The van der Waals surface area contributed by atoms with E-state index < -0.39 is 0 Å². The zero-order valence-corrected chi connectivity index (χ0v) is 18.8. The van der Waals surface area contributed by atoms with Crippen LogP contribution in [0.3, 0.4) is 0 Å². The van der Waals surface area contributed by atoms with Crippen LogP contribution >= 0.6 is 11.3 Å². The van der Waals surface area contributed by atoms with Crippen LogP contribution in [0.2, 0.25) is 0 Å². The van der Waals surface area contributed by atoms with Crippen LogP contribution in [0.4, 0.5) is 11.8 Å². The van der Waals surface area contributed by atoms with Crippen LogP contribution in [-0.4, -0.2) is 34.4 Å². The number of nitrogens with zero attached hydrogens (tertiary/aromatic N) is 3. The minimum atomic E-state index is -0.190. The topological polar surface area (TPSA) is 70.2 Å². The Balaban J connectivity index is 1.46. The molecule has 4 aromatic rings. The lowest BCUT2D eigenvalue weighted by atomic mass is 10.1. The average molecular weight is 444 g/mol. The molecule has 0 saturated carbocycles. The summed E-state index contributed by atoms with van der Waals surface area (Å²) in [5.74, 6) is 0.954. The number of anilines is 2. The number of hydrogen-bond acceptors (Lipinski definition) is 6. The summed E-state index contributed by atoms with van der Waals surface area (Å²) in [4.78, 5) is 24.8. The van der Waals surface area contributed by atoms with Gasteiger partial charge in [-0.05, 0) is 54.2 Å². The van der Waals surface area contributed by atoms with Gasteiger partial charge in [-0.25, -0.2) is 4.98 Å². The molecule has 162 valence electrons. The molecule has 0 aliphatic carbocycles. The summed E-state index contributed by atoms with van der Waals surface area (Å²) in [7, 11) is 2.10. The number of benzene rings is 2. The van der Waals surface area contributed by atoms with Gasteiger partial charge in [-0.15, -0.1) is 0 Å². The lowest BCUT2D eigenvalue weighted by Crippen LogP contribution is -2.20. The average Bonchev–Trinajstić information content (AvgIpc) is 3.20. The molecule has 2 aromatic heterocycles. The standard InChI is InChI=1S/C25H25N5OS/c1-30-12-6-11-20-22(14-30)27-25(28-23(20)26-13-17-7-3-2-4-8-17)29-24(31)19-10-5-9-18-15-32-16-21(18)19/h2-5,7-10,15-16H,6,11-14H2,1H3,(H2,26,27,28,29,31). The number of carbonyl (C=O) groups excluding carboxylic acids is 1. The van der Waals surface area contributed by atoms with Gasteiger partial charge < -0.3 is 10.2 Å². The van der Waals surface area contributed by atoms with Crippen molar-refractivity contribution >= 4 is 39.8 Å². The molecule has 0 atom stereocenters. The van der Waals surface area contributed by atoms with E-state index in [1.54, 1.807) is 11.3 Å². The van der Waals surface area contributed by atoms with Gasteiger partial charge in [-0.2, -0.15) is 16.3 Å². The molecular formula is C25H25N5OS. The Hall–Kier alpha value is -3.29. The minimum absolute atomic E-state index is 0.190. The van der Waals surface area contributed by atoms with Crippen LogP contribution < -0.4 is 10.6 Å². The summed E-state index contributed by atoms with van der Waals surface area (Å²) in [5, 5.41) is 12.5. The first-order valence-corrected chi connectivity index (χ1v) is 11.7. The molecule has 7 heteroatoms. The van der Waals surface area contributed by atoms with Crippen molar-refractivity contribution in [2.45, 2.75) is 25.9 Å². The molecule has 2 N–H and O–H groups in total. The van der Waals surface area contributed by atoms with Gasteiger partial charge in [0.15, 0.2) is 0 Å². The van der Waals surface area contributed by atoms with E-state index in [2.05, 4.69) is 34.7 Å². The molecule has 0 fully saturated rings. The zero-order valence-electron chi connectivity index (χ0n) is 18.0. The van der Waals surface area contributed by atoms with Crippen molar-refractivity contribution in [2.24, 2.45) is 0 Å². The van der Waals surface area contributed by atoms with Gasteiger partial charge in [0.25, 0.3) is 5.91 Å². The van der Waals surface area contributed by atoms with Crippen molar-refractivity contribution in [1.29, 1.82) is 0 Å². The fourth-order valence-corrected chi connectivity index (χ4v) is 4.95. The van der Waals surface area contributed by atoms with E-state index in [1.807, 2.05) is 47.2 Å². The first kappa shape index (κ1) is 20.6. The van der Waals surface area contributed by atoms with E-state index in [4.69, 9.17) is 9.97 Å². The summed E-state index contributed by atoms with van der Waals surface area (Å²) in [6, 6.07) is 16.0. The minimum Gasteiger partial charge on any atom is -0.366 e. The van der Waals surface area contributed by atoms with Crippen LogP contribution in [0.25, 0.3) is 10.8 Å². The second-order valence-electron chi connectivity index (χ2n) is 8.14. The second-order valence-corrected chi connectivity index (χ2v) is 8.88. The van der Waals surface area contributed by atoms with Gasteiger partial charge in [-0.1, -0.05) is 42.5 Å². The third-order valence-electron chi connectivity index (χ3n) is 5.77. The SMILES string of the molecule is CN1CCCc2c(nc(NC(=O)c3cccc4cscc34)nc2NCc2ccccc2)C1. The van der Waals surface area contributed by atoms with Crippen LogP contribution in [-0.2, 0) is 19.5 Å². The molecule has 0 spiro atoms. The second kappa shape index (κ2) is 9.06. The Morgan fingerprint density at radius 3 is 2.84 bits per heavy atom. The number of hydrogen-bond donors (Lipinski definition) is 2. The predicted octanol–water partition coefficient (Wildman–Crippen LogP) is 4.93. The van der Waals surface area contributed by atoms with Crippen molar-refractivity contribution in [3.63, 3.8) is 0 Å². The summed E-state index contributed by atoms with van der Waals surface area (Å²) in [6.45, 7) is 2.42. The normalized spacial score (nSPS) is 14.0. The van der Waals surface area contributed by atoms with Crippen LogP contribution in [0.15, 0.2) is 59.3 Å². The fourth-order valence-electron chi connectivity index (χ4n) is 4.13. The van der Waals surface area contributed by atoms with Gasteiger partial charge in [-0.3, -0.25) is 10.1 Å². The quantitative estimate of drug-likeness (QED) is 0.458. The Labute approximate surface area is 191 Å². The van der Waals surface area contributed by atoms with Crippen LogP contribution in [0.1, 0.15) is 33.6 Å². The number of nitrogens with one attached hydrogen (secondary N) is 2. The highest BCUT2D eigenvalue weighted by molar-refractivity contribution is 7.09. The van der Waals surface area contributed by atoms with E-state index in [-0.39, 0.29) is 5.91 Å².